The van der Waals surface area contributed by atoms with E-state index in [1.54, 1.807) is 12.1 Å². The summed E-state index contributed by atoms with van der Waals surface area (Å²) >= 11 is 0. The second-order valence-electron chi connectivity index (χ2n) is 4.56. The molecule has 128 valence electrons. The first-order valence-corrected chi connectivity index (χ1v) is 6.71. The molecule has 0 fully saturated rings. The number of carbonyl (C=O) groups excluding carboxylic acids is 1. The van der Waals surface area contributed by atoms with E-state index in [0.717, 1.165) is 17.2 Å². The molecule has 2 amide bonds. The molecule has 9 heteroatoms. The van der Waals surface area contributed by atoms with Crippen molar-refractivity contribution >= 4 is 11.7 Å². The highest BCUT2D eigenvalue weighted by Gasteiger charge is 2.35. The molecule has 0 atom stereocenters. The zero-order chi connectivity index (χ0) is 17.7. The number of halogens is 3. The van der Waals surface area contributed by atoms with Gasteiger partial charge in [0.25, 0.3) is 0 Å². The first-order chi connectivity index (χ1) is 11.3. The van der Waals surface area contributed by atoms with Gasteiger partial charge in [0.2, 0.25) is 5.88 Å². The maximum Gasteiger partial charge on any atom is 0.421 e. The lowest BCUT2D eigenvalue weighted by molar-refractivity contribution is -0.138. The highest BCUT2D eigenvalue weighted by atomic mass is 19.4. The van der Waals surface area contributed by atoms with Crippen LogP contribution in [0.5, 0.6) is 11.6 Å². The number of nitrogens with zero attached hydrogens (tertiary/aromatic N) is 2. The van der Waals surface area contributed by atoms with Gasteiger partial charge in [-0.15, -0.1) is 0 Å². The number of nitrogens with one attached hydrogen (secondary N) is 1. The minimum absolute atomic E-state index is 0.0135. The summed E-state index contributed by atoms with van der Waals surface area (Å²) in [5, 5.41) is 3.38. The third kappa shape index (κ3) is 4.13. The molecular weight excluding hydrogens is 327 g/mol. The van der Waals surface area contributed by atoms with Crippen molar-refractivity contribution < 1.29 is 27.5 Å². The minimum atomic E-state index is -4.61. The number of hydrogen-bond donors (Lipinski definition) is 1. The lowest BCUT2D eigenvalue weighted by atomic mass is 10.2. The molecular formula is C15H14F3N3O3. The highest BCUT2D eigenvalue weighted by molar-refractivity contribution is 5.90. The normalized spacial score (nSPS) is 11.0. The number of anilines is 1. The van der Waals surface area contributed by atoms with E-state index in [0.29, 0.717) is 0 Å². The van der Waals surface area contributed by atoms with E-state index in [-0.39, 0.29) is 11.4 Å². The van der Waals surface area contributed by atoms with Gasteiger partial charge in [0.05, 0.1) is 12.8 Å². The molecule has 1 aromatic heterocycles. The van der Waals surface area contributed by atoms with Gasteiger partial charge in [-0.3, -0.25) is 4.84 Å². The van der Waals surface area contributed by atoms with Gasteiger partial charge >= 0.3 is 12.2 Å². The van der Waals surface area contributed by atoms with Crippen molar-refractivity contribution in [1.82, 2.24) is 10.0 Å². The molecule has 0 spiro atoms. The summed E-state index contributed by atoms with van der Waals surface area (Å²) in [5.74, 6) is -0.591. The third-order valence-corrected chi connectivity index (χ3v) is 2.97. The monoisotopic (exact) mass is 341 g/mol. The van der Waals surface area contributed by atoms with Crippen molar-refractivity contribution in [1.29, 1.82) is 0 Å². The number of urea groups is 1. The molecule has 0 aliphatic rings. The van der Waals surface area contributed by atoms with Crippen LogP contribution in [0.1, 0.15) is 5.56 Å². The Morgan fingerprint density at radius 1 is 1.21 bits per heavy atom. The number of para-hydroxylation sites is 2. The zero-order valence-electron chi connectivity index (χ0n) is 12.8. The van der Waals surface area contributed by atoms with Crippen LogP contribution in [0.25, 0.3) is 0 Å². The summed E-state index contributed by atoms with van der Waals surface area (Å²) in [6, 6.07) is 7.45. The first-order valence-electron chi connectivity index (χ1n) is 6.71. The molecule has 0 bridgehead atoms. The van der Waals surface area contributed by atoms with E-state index in [1.807, 2.05) is 0 Å². The number of benzene rings is 1. The standard InChI is InChI=1S/C15H14F3N3O3/c1-21(23-2)14(22)20-11-7-3-4-8-12(11)24-13-10(15(16,17)18)6-5-9-19-13/h3-9H,1-2H3,(H,20,22). The predicted octanol–water partition coefficient (Wildman–Crippen LogP) is 3.92. The number of aromatic nitrogens is 1. The predicted molar refractivity (Wildman–Crippen MR) is 79.5 cm³/mol. The van der Waals surface area contributed by atoms with Crippen LogP contribution in [-0.2, 0) is 11.0 Å². The Kier molecular flexibility index (Phi) is 5.24. The fourth-order valence-electron chi connectivity index (χ4n) is 1.73. The average molecular weight is 341 g/mol. The number of hydroxylamine groups is 2. The lowest BCUT2D eigenvalue weighted by Gasteiger charge is -2.17. The van der Waals surface area contributed by atoms with Crippen LogP contribution in [0.2, 0.25) is 0 Å². The Balaban J connectivity index is 2.31. The second-order valence-corrected chi connectivity index (χ2v) is 4.56. The molecule has 0 radical (unpaired) electrons. The van der Waals surface area contributed by atoms with E-state index in [4.69, 9.17) is 9.57 Å². The van der Waals surface area contributed by atoms with Gasteiger partial charge in [0, 0.05) is 13.2 Å². The highest BCUT2D eigenvalue weighted by Crippen LogP contribution is 2.38. The van der Waals surface area contributed by atoms with Crippen molar-refractivity contribution in [2.75, 3.05) is 19.5 Å². The van der Waals surface area contributed by atoms with E-state index in [1.165, 1.54) is 32.5 Å². The molecule has 1 heterocycles. The number of hydrogen-bond acceptors (Lipinski definition) is 4. The van der Waals surface area contributed by atoms with E-state index < -0.39 is 23.7 Å². The Bertz CT molecular complexity index is 722. The summed E-state index contributed by atoms with van der Waals surface area (Å²) < 4.78 is 44.3. The van der Waals surface area contributed by atoms with Crippen molar-refractivity contribution in [3.8, 4) is 11.6 Å². The molecule has 0 saturated heterocycles. The summed E-state index contributed by atoms with van der Waals surface area (Å²) in [6.07, 6.45) is -3.43. The fourth-order valence-corrected chi connectivity index (χ4v) is 1.73. The lowest BCUT2D eigenvalue weighted by Crippen LogP contribution is -2.30. The van der Waals surface area contributed by atoms with Gasteiger partial charge in [-0.25, -0.2) is 14.8 Å². The second kappa shape index (κ2) is 7.18. The van der Waals surface area contributed by atoms with Gasteiger partial charge in [-0.1, -0.05) is 12.1 Å². The van der Waals surface area contributed by atoms with Crippen LogP contribution < -0.4 is 10.1 Å². The van der Waals surface area contributed by atoms with Crippen LogP contribution in [0.15, 0.2) is 42.6 Å². The third-order valence-electron chi connectivity index (χ3n) is 2.97. The Labute approximate surface area is 135 Å². The zero-order valence-corrected chi connectivity index (χ0v) is 12.8. The van der Waals surface area contributed by atoms with Gasteiger partial charge < -0.3 is 10.1 Å². The van der Waals surface area contributed by atoms with Crippen LogP contribution in [0, 0.1) is 0 Å². The van der Waals surface area contributed by atoms with Crippen LogP contribution in [-0.4, -0.2) is 30.2 Å². The fraction of sp³-hybridized carbons (Fsp3) is 0.200. The van der Waals surface area contributed by atoms with Crippen molar-refractivity contribution in [3.05, 3.63) is 48.2 Å². The van der Waals surface area contributed by atoms with Crippen LogP contribution in [0.4, 0.5) is 23.7 Å². The van der Waals surface area contributed by atoms with Gasteiger partial charge in [0.1, 0.15) is 5.56 Å². The summed E-state index contributed by atoms with van der Waals surface area (Å²) in [4.78, 5) is 20.2. The Morgan fingerprint density at radius 2 is 1.92 bits per heavy atom. The molecule has 0 aliphatic heterocycles. The molecule has 0 saturated carbocycles. The Hall–Kier alpha value is -2.81. The molecule has 1 N–H and O–H groups in total. The van der Waals surface area contributed by atoms with E-state index >= 15 is 0 Å². The van der Waals surface area contributed by atoms with E-state index in [9.17, 15) is 18.0 Å². The summed E-state index contributed by atoms with van der Waals surface area (Å²) in [5.41, 5.74) is -0.842. The van der Waals surface area contributed by atoms with Crippen LogP contribution >= 0.6 is 0 Å². The maximum atomic E-state index is 13.0. The summed E-state index contributed by atoms with van der Waals surface area (Å²) in [6.45, 7) is 0. The Morgan fingerprint density at radius 3 is 2.58 bits per heavy atom. The SMILES string of the molecule is CON(C)C(=O)Nc1ccccc1Oc1ncccc1C(F)(F)F. The molecule has 2 rings (SSSR count). The number of amides is 2. The van der Waals surface area contributed by atoms with Gasteiger partial charge in [-0.05, 0) is 24.3 Å². The average Bonchev–Trinajstić information content (AvgIpc) is 2.55. The largest absolute Gasteiger partial charge is 0.436 e. The van der Waals surface area contributed by atoms with E-state index in [2.05, 4.69) is 10.3 Å². The molecule has 0 unspecified atom stereocenters. The van der Waals surface area contributed by atoms with Crippen molar-refractivity contribution in [3.63, 3.8) is 0 Å². The number of ether oxygens (including phenoxy) is 1. The molecule has 24 heavy (non-hydrogen) atoms. The minimum Gasteiger partial charge on any atom is -0.436 e. The first kappa shape index (κ1) is 17.5. The van der Waals surface area contributed by atoms with Crippen molar-refractivity contribution in [2.24, 2.45) is 0 Å². The molecule has 1 aromatic carbocycles. The van der Waals surface area contributed by atoms with Crippen LogP contribution in [0.3, 0.4) is 0 Å². The molecule has 2 aromatic rings. The quantitative estimate of drug-likeness (QED) is 0.856. The maximum absolute atomic E-state index is 13.0. The van der Waals surface area contributed by atoms with Gasteiger partial charge in [-0.2, -0.15) is 13.2 Å². The number of rotatable bonds is 4. The summed E-state index contributed by atoms with van der Waals surface area (Å²) in [7, 11) is 2.67. The number of pyridine rings is 1. The number of alkyl halides is 3. The van der Waals surface area contributed by atoms with Crippen molar-refractivity contribution in [2.45, 2.75) is 6.18 Å². The topological polar surface area (TPSA) is 63.7 Å². The number of carbonyl (C=O) groups is 1. The molecule has 6 nitrogen and oxygen atoms in total. The van der Waals surface area contributed by atoms with Gasteiger partial charge in [0.15, 0.2) is 5.75 Å². The smallest absolute Gasteiger partial charge is 0.421 e. The molecule has 0 aliphatic carbocycles.